The van der Waals surface area contributed by atoms with E-state index in [-0.39, 0.29) is 23.7 Å². The van der Waals surface area contributed by atoms with Crippen LogP contribution in [0.15, 0.2) is 63.0 Å². The van der Waals surface area contributed by atoms with Crippen LogP contribution in [0.2, 0.25) is 0 Å². The summed E-state index contributed by atoms with van der Waals surface area (Å²) in [6, 6.07) is 14.1. The van der Waals surface area contributed by atoms with Crippen molar-refractivity contribution in [3.63, 3.8) is 0 Å². The van der Waals surface area contributed by atoms with Gasteiger partial charge in [0, 0.05) is 13.1 Å². The van der Waals surface area contributed by atoms with Crippen LogP contribution in [0.4, 0.5) is 5.69 Å². The van der Waals surface area contributed by atoms with Crippen LogP contribution in [-0.2, 0) is 29.7 Å². The number of hydrogen-bond donors (Lipinski definition) is 0. The lowest BCUT2D eigenvalue weighted by Gasteiger charge is -2.30. The van der Waals surface area contributed by atoms with E-state index in [4.69, 9.17) is 0 Å². The molecule has 4 rings (SSSR count). The van der Waals surface area contributed by atoms with Gasteiger partial charge in [0.05, 0.1) is 17.1 Å². The molecule has 2 heterocycles. The van der Waals surface area contributed by atoms with Gasteiger partial charge in [-0.3, -0.25) is 18.2 Å². The Labute approximate surface area is 193 Å². The standard InChI is InChI=1S/C25H27N3O4S/c1-5-26-22-15-18(4)21-10-8-7-9-19(21)16-28(23(22)24(29)27(6-2)25(26)30)33(31,32)20-13-11-17(3)12-14-20/h7-15H,5-6,16H2,1-4H3/b18-15-. The predicted octanol–water partition coefficient (Wildman–Crippen LogP) is 3.63. The number of nitrogens with zero attached hydrogens (tertiary/aromatic N) is 3. The highest BCUT2D eigenvalue weighted by molar-refractivity contribution is 7.92. The third-order valence-electron chi connectivity index (χ3n) is 6.04. The van der Waals surface area contributed by atoms with Crippen molar-refractivity contribution >= 4 is 27.4 Å². The number of sulfonamides is 1. The fourth-order valence-corrected chi connectivity index (χ4v) is 5.72. The maximum Gasteiger partial charge on any atom is 0.331 e. The fraction of sp³-hybridized carbons (Fsp3) is 0.280. The number of rotatable bonds is 4. The van der Waals surface area contributed by atoms with E-state index >= 15 is 0 Å². The zero-order chi connectivity index (χ0) is 23.9. The Balaban J connectivity index is 2.15. The minimum absolute atomic E-state index is 0.00673. The monoisotopic (exact) mass is 465 g/mol. The van der Waals surface area contributed by atoms with Gasteiger partial charge in [-0.25, -0.2) is 13.2 Å². The first-order valence-corrected chi connectivity index (χ1v) is 12.4. The topological polar surface area (TPSA) is 81.4 Å². The number of aromatic nitrogens is 2. The van der Waals surface area contributed by atoms with Crippen molar-refractivity contribution in [1.29, 1.82) is 0 Å². The molecule has 0 atom stereocenters. The first-order valence-electron chi connectivity index (χ1n) is 10.9. The summed E-state index contributed by atoms with van der Waals surface area (Å²) in [5.74, 6) is 0. The quantitative estimate of drug-likeness (QED) is 0.589. The van der Waals surface area contributed by atoms with Crippen molar-refractivity contribution in [2.45, 2.75) is 52.2 Å². The predicted molar refractivity (Wildman–Crippen MR) is 131 cm³/mol. The Morgan fingerprint density at radius 3 is 2.15 bits per heavy atom. The van der Waals surface area contributed by atoms with Crippen LogP contribution in [0.25, 0.3) is 11.6 Å². The summed E-state index contributed by atoms with van der Waals surface area (Å²) in [5.41, 5.74) is 2.68. The van der Waals surface area contributed by atoms with Crippen LogP contribution in [0.3, 0.4) is 0 Å². The van der Waals surface area contributed by atoms with Gasteiger partial charge >= 0.3 is 5.69 Å². The number of benzene rings is 2. The highest BCUT2D eigenvalue weighted by atomic mass is 32.2. The van der Waals surface area contributed by atoms with Crippen LogP contribution < -0.4 is 15.6 Å². The number of fused-ring (bicyclic) bond motifs is 2. The minimum Gasteiger partial charge on any atom is -0.292 e. The molecule has 172 valence electrons. The Bertz CT molecular complexity index is 1480. The average Bonchev–Trinajstić information content (AvgIpc) is 2.78. The molecule has 8 heteroatoms. The fourth-order valence-electron chi connectivity index (χ4n) is 4.27. The summed E-state index contributed by atoms with van der Waals surface area (Å²) in [5, 5.41) is 0. The number of allylic oxidation sites excluding steroid dienone is 1. The SMILES string of the molecule is CCn1c2c(c(=O)n(CC)c1=O)N(S(=O)(=O)c1ccc(C)cc1)Cc1ccccc1/C(C)=C\2. The van der Waals surface area contributed by atoms with E-state index in [0.717, 1.165) is 31.1 Å². The van der Waals surface area contributed by atoms with Crippen molar-refractivity contribution in [3.05, 3.63) is 91.8 Å². The Kier molecular flexibility index (Phi) is 5.88. The van der Waals surface area contributed by atoms with Gasteiger partial charge in [0.25, 0.3) is 15.6 Å². The van der Waals surface area contributed by atoms with Gasteiger partial charge in [0.1, 0.15) is 5.69 Å². The highest BCUT2D eigenvalue weighted by Crippen LogP contribution is 2.33. The highest BCUT2D eigenvalue weighted by Gasteiger charge is 2.33. The van der Waals surface area contributed by atoms with E-state index < -0.39 is 21.3 Å². The molecule has 0 amide bonds. The number of aryl methyl sites for hydroxylation is 1. The second-order valence-corrected chi connectivity index (χ2v) is 9.98. The summed E-state index contributed by atoms with van der Waals surface area (Å²) >= 11 is 0. The Hall–Kier alpha value is -3.39. The van der Waals surface area contributed by atoms with Crippen molar-refractivity contribution < 1.29 is 8.42 Å². The molecule has 0 bridgehead atoms. The molecule has 7 nitrogen and oxygen atoms in total. The number of anilines is 1. The van der Waals surface area contributed by atoms with E-state index in [0.29, 0.717) is 12.2 Å². The summed E-state index contributed by atoms with van der Waals surface area (Å²) in [6.45, 7) is 7.71. The average molecular weight is 466 g/mol. The lowest BCUT2D eigenvalue weighted by atomic mass is 9.98. The van der Waals surface area contributed by atoms with E-state index in [2.05, 4.69) is 0 Å². The van der Waals surface area contributed by atoms with Crippen LogP contribution in [-0.4, -0.2) is 17.6 Å². The normalized spacial score (nSPS) is 15.2. The lowest BCUT2D eigenvalue weighted by Crippen LogP contribution is -2.46. The largest absolute Gasteiger partial charge is 0.331 e. The first-order chi connectivity index (χ1) is 15.7. The molecular formula is C25H27N3O4S. The third-order valence-corrected chi connectivity index (χ3v) is 7.80. The van der Waals surface area contributed by atoms with Crippen molar-refractivity contribution in [2.24, 2.45) is 0 Å². The first kappa shape index (κ1) is 22.8. The summed E-state index contributed by atoms with van der Waals surface area (Å²) in [7, 11) is -4.10. The summed E-state index contributed by atoms with van der Waals surface area (Å²) in [4.78, 5) is 26.7. The van der Waals surface area contributed by atoms with E-state index in [1.807, 2.05) is 38.1 Å². The molecule has 0 N–H and O–H groups in total. The molecule has 3 aromatic rings. The smallest absolute Gasteiger partial charge is 0.292 e. The molecule has 0 radical (unpaired) electrons. The van der Waals surface area contributed by atoms with Gasteiger partial charge in [0.15, 0.2) is 0 Å². The molecule has 0 spiro atoms. The molecule has 1 aliphatic rings. The van der Waals surface area contributed by atoms with Crippen LogP contribution in [0.1, 0.15) is 43.2 Å². The molecule has 0 saturated carbocycles. The van der Waals surface area contributed by atoms with E-state index in [9.17, 15) is 18.0 Å². The van der Waals surface area contributed by atoms with Gasteiger partial charge in [-0.2, -0.15) is 0 Å². The third kappa shape index (κ3) is 3.74. The van der Waals surface area contributed by atoms with Crippen LogP contribution >= 0.6 is 0 Å². The van der Waals surface area contributed by atoms with E-state index in [1.165, 1.54) is 4.57 Å². The van der Waals surface area contributed by atoms with Crippen molar-refractivity contribution in [2.75, 3.05) is 4.31 Å². The number of hydrogen-bond acceptors (Lipinski definition) is 4. The molecule has 0 aliphatic carbocycles. The molecular weight excluding hydrogens is 438 g/mol. The van der Waals surface area contributed by atoms with Gasteiger partial charge in [0.2, 0.25) is 0 Å². The van der Waals surface area contributed by atoms with Crippen LogP contribution in [0.5, 0.6) is 0 Å². The molecule has 0 unspecified atom stereocenters. The molecule has 1 aromatic heterocycles. The zero-order valence-corrected chi connectivity index (χ0v) is 20.0. The zero-order valence-electron chi connectivity index (χ0n) is 19.2. The Morgan fingerprint density at radius 1 is 0.879 bits per heavy atom. The van der Waals surface area contributed by atoms with Gasteiger partial charge in [-0.15, -0.1) is 0 Å². The maximum atomic E-state index is 13.9. The molecule has 33 heavy (non-hydrogen) atoms. The molecule has 0 fully saturated rings. The van der Waals surface area contributed by atoms with Gasteiger partial charge in [-0.1, -0.05) is 42.0 Å². The lowest BCUT2D eigenvalue weighted by molar-refractivity contribution is 0.573. The maximum absolute atomic E-state index is 13.9. The second kappa shape index (κ2) is 8.51. The second-order valence-electron chi connectivity index (χ2n) is 8.12. The minimum atomic E-state index is -4.10. The summed E-state index contributed by atoms with van der Waals surface area (Å²) < 4.78 is 31.6. The van der Waals surface area contributed by atoms with Crippen molar-refractivity contribution in [1.82, 2.24) is 9.13 Å². The van der Waals surface area contributed by atoms with Gasteiger partial charge < -0.3 is 0 Å². The van der Waals surface area contributed by atoms with Crippen molar-refractivity contribution in [3.8, 4) is 0 Å². The molecule has 1 aliphatic heterocycles. The summed E-state index contributed by atoms with van der Waals surface area (Å²) in [6.07, 6.45) is 1.75. The van der Waals surface area contributed by atoms with Gasteiger partial charge in [-0.05, 0) is 62.6 Å². The van der Waals surface area contributed by atoms with E-state index in [1.54, 1.807) is 44.2 Å². The Morgan fingerprint density at radius 2 is 1.52 bits per heavy atom. The van der Waals surface area contributed by atoms with Crippen LogP contribution in [0, 0.1) is 6.92 Å². The molecule has 0 saturated heterocycles. The molecule has 2 aromatic carbocycles.